The molecule has 0 unspecified atom stereocenters. The maximum absolute atomic E-state index is 11.4. The Labute approximate surface area is 105 Å². The lowest BCUT2D eigenvalue weighted by atomic mass is 10.1. The van der Waals surface area contributed by atoms with Crippen molar-refractivity contribution in [3.8, 4) is 0 Å². The zero-order chi connectivity index (χ0) is 13.1. The smallest absolute Gasteiger partial charge is 0.320 e. The number of fused-ring (bicyclic) bond motifs is 1. The molecule has 1 aromatic heterocycles. The molecule has 18 heavy (non-hydrogen) atoms. The fraction of sp³-hybridized carbons (Fsp3) is 0.231. The summed E-state index contributed by atoms with van der Waals surface area (Å²) in [4.78, 5) is 15.6. The van der Waals surface area contributed by atoms with Gasteiger partial charge in [0.15, 0.2) is 0 Å². The number of nitrogens with one attached hydrogen (secondary N) is 2. The van der Waals surface area contributed by atoms with Crippen molar-refractivity contribution >= 4 is 28.3 Å². The van der Waals surface area contributed by atoms with Gasteiger partial charge in [-0.2, -0.15) is 0 Å². The van der Waals surface area contributed by atoms with Gasteiger partial charge < -0.3 is 11.1 Å². The standard InChI is InChI=1S/C13H16N4O/c1-3-15-13(18)17-12-6-9-5-10(14)4-8(2)11(9)7-16-12/h4-7H,3,14H2,1-2H3,(H2,15,16,17,18). The monoisotopic (exact) mass is 244 g/mol. The van der Waals surface area contributed by atoms with Gasteiger partial charge in [-0.3, -0.25) is 5.32 Å². The van der Waals surface area contributed by atoms with Crippen LogP contribution in [0.3, 0.4) is 0 Å². The molecule has 0 saturated carbocycles. The van der Waals surface area contributed by atoms with Gasteiger partial charge in [0, 0.05) is 23.8 Å². The summed E-state index contributed by atoms with van der Waals surface area (Å²) in [7, 11) is 0. The number of hydrogen-bond acceptors (Lipinski definition) is 3. The molecule has 5 heteroatoms. The molecule has 0 fully saturated rings. The summed E-state index contributed by atoms with van der Waals surface area (Å²) in [5.74, 6) is 0.512. The quantitative estimate of drug-likeness (QED) is 0.709. The molecule has 2 rings (SSSR count). The van der Waals surface area contributed by atoms with Crippen LogP contribution in [0.2, 0.25) is 0 Å². The van der Waals surface area contributed by atoms with Crippen LogP contribution in [0.4, 0.5) is 16.3 Å². The third-order valence-electron chi connectivity index (χ3n) is 2.65. The largest absolute Gasteiger partial charge is 0.399 e. The van der Waals surface area contributed by atoms with Crippen LogP contribution in [0.25, 0.3) is 10.8 Å². The number of carbonyl (C=O) groups is 1. The molecular formula is C13H16N4O. The van der Waals surface area contributed by atoms with Crippen LogP contribution in [-0.2, 0) is 0 Å². The first-order valence-corrected chi connectivity index (χ1v) is 5.81. The van der Waals surface area contributed by atoms with E-state index in [4.69, 9.17) is 5.73 Å². The Balaban J connectivity index is 2.35. The van der Waals surface area contributed by atoms with Gasteiger partial charge in [-0.25, -0.2) is 9.78 Å². The Hall–Kier alpha value is -2.30. The highest BCUT2D eigenvalue weighted by Crippen LogP contribution is 2.23. The molecule has 0 bridgehead atoms. The van der Waals surface area contributed by atoms with Crippen LogP contribution < -0.4 is 16.4 Å². The third-order valence-corrected chi connectivity index (χ3v) is 2.65. The van der Waals surface area contributed by atoms with E-state index in [1.165, 1.54) is 0 Å². The fourth-order valence-electron chi connectivity index (χ4n) is 1.86. The lowest BCUT2D eigenvalue weighted by Gasteiger charge is -2.08. The molecule has 0 saturated heterocycles. The number of aromatic nitrogens is 1. The number of urea groups is 1. The van der Waals surface area contributed by atoms with Crippen LogP contribution in [0.15, 0.2) is 24.4 Å². The number of hydrogen-bond donors (Lipinski definition) is 3. The summed E-state index contributed by atoms with van der Waals surface area (Å²) in [6.45, 7) is 4.42. The summed E-state index contributed by atoms with van der Waals surface area (Å²) >= 11 is 0. The zero-order valence-electron chi connectivity index (χ0n) is 10.4. The first-order chi connectivity index (χ1) is 8.60. The normalized spacial score (nSPS) is 10.3. The molecule has 0 atom stereocenters. The van der Waals surface area contributed by atoms with Gasteiger partial charge in [-0.05, 0) is 43.0 Å². The van der Waals surface area contributed by atoms with E-state index >= 15 is 0 Å². The van der Waals surface area contributed by atoms with Crippen LogP contribution >= 0.6 is 0 Å². The number of nitrogen functional groups attached to an aromatic ring is 1. The average Bonchev–Trinajstić information content (AvgIpc) is 2.28. The summed E-state index contributed by atoms with van der Waals surface area (Å²) in [6.07, 6.45) is 1.74. The van der Waals surface area contributed by atoms with Crippen molar-refractivity contribution in [2.75, 3.05) is 17.6 Å². The molecule has 5 nitrogen and oxygen atoms in total. The predicted molar refractivity (Wildman–Crippen MR) is 73.6 cm³/mol. The van der Waals surface area contributed by atoms with Crippen molar-refractivity contribution in [1.82, 2.24) is 10.3 Å². The lowest BCUT2D eigenvalue weighted by molar-refractivity contribution is 0.252. The van der Waals surface area contributed by atoms with Crippen LogP contribution in [0.5, 0.6) is 0 Å². The van der Waals surface area contributed by atoms with Crippen LogP contribution in [0, 0.1) is 6.92 Å². The summed E-state index contributed by atoms with van der Waals surface area (Å²) in [6, 6.07) is 5.33. The predicted octanol–water partition coefficient (Wildman–Crippen LogP) is 2.27. The number of pyridine rings is 1. The van der Waals surface area contributed by atoms with Gasteiger partial charge in [0.25, 0.3) is 0 Å². The molecule has 2 aromatic rings. The van der Waals surface area contributed by atoms with E-state index in [-0.39, 0.29) is 6.03 Å². The van der Waals surface area contributed by atoms with E-state index in [1.807, 2.05) is 32.0 Å². The molecule has 1 heterocycles. The van der Waals surface area contributed by atoms with E-state index in [2.05, 4.69) is 15.6 Å². The molecular weight excluding hydrogens is 228 g/mol. The van der Waals surface area contributed by atoms with Crippen molar-refractivity contribution in [1.29, 1.82) is 0 Å². The number of aryl methyl sites for hydroxylation is 1. The number of carbonyl (C=O) groups excluding carboxylic acids is 1. The second kappa shape index (κ2) is 4.91. The maximum Gasteiger partial charge on any atom is 0.320 e. The number of anilines is 2. The van der Waals surface area contributed by atoms with Crippen molar-refractivity contribution < 1.29 is 4.79 Å². The SMILES string of the molecule is CCNC(=O)Nc1cc2cc(N)cc(C)c2cn1. The molecule has 94 valence electrons. The highest BCUT2D eigenvalue weighted by molar-refractivity contribution is 5.93. The Morgan fingerprint density at radius 1 is 1.39 bits per heavy atom. The van der Waals surface area contributed by atoms with Crippen molar-refractivity contribution in [3.63, 3.8) is 0 Å². The van der Waals surface area contributed by atoms with Gasteiger partial charge in [0.1, 0.15) is 5.82 Å². The van der Waals surface area contributed by atoms with Crippen molar-refractivity contribution in [2.24, 2.45) is 0 Å². The van der Waals surface area contributed by atoms with E-state index in [0.29, 0.717) is 18.1 Å². The Morgan fingerprint density at radius 2 is 2.17 bits per heavy atom. The van der Waals surface area contributed by atoms with Gasteiger partial charge in [0.05, 0.1) is 0 Å². The molecule has 0 spiro atoms. The van der Waals surface area contributed by atoms with E-state index < -0.39 is 0 Å². The molecule has 0 aliphatic heterocycles. The highest BCUT2D eigenvalue weighted by atomic mass is 16.2. The summed E-state index contributed by atoms with van der Waals surface area (Å²) in [5, 5.41) is 7.32. The second-order valence-electron chi connectivity index (χ2n) is 4.11. The van der Waals surface area contributed by atoms with Gasteiger partial charge in [0.2, 0.25) is 0 Å². The minimum atomic E-state index is -0.259. The van der Waals surface area contributed by atoms with Crippen molar-refractivity contribution in [2.45, 2.75) is 13.8 Å². The lowest BCUT2D eigenvalue weighted by Crippen LogP contribution is -2.28. The fourth-order valence-corrected chi connectivity index (χ4v) is 1.86. The Kier molecular flexibility index (Phi) is 3.32. The second-order valence-corrected chi connectivity index (χ2v) is 4.11. The average molecular weight is 244 g/mol. The molecule has 0 radical (unpaired) electrons. The molecule has 2 amide bonds. The highest BCUT2D eigenvalue weighted by Gasteiger charge is 2.04. The van der Waals surface area contributed by atoms with Crippen LogP contribution in [0.1, 0.15) is 12.5 Å². The zero-order valence-corrected chi connectivity index (χ0v) is 10.4. The third kappa shape index (κ3) is 2.51. The Morgan fingerprint density at radius 3 is 2.89 bits per heavy atom. The van der Waals surface area contributed by atoms with Gasteiger partial charge in [-0.15, -0.1) is 0 Å². The number of benzene rings is 1. The minimum Gasteiger partial charge on any atom is -0.399 e. The molecule has 4 N–H and O–H groups in total. The van der Waals surface area contributed by atoms with Gasteiger partial charge in [-0.1, -0.05) is 0 Å². The topological polar surface area (TPSA) is 80.0 Å². The number of nitrogens with zero attached hydrogens (tertiary/aromatic N) is 1. The van der Waals surface area contributed by atoms with E-state index in [9.17, 15) is 4.79 Å². The van der Waals surface area contributed by atoms with Gasteiger partial charge >= 0.3 is 6.03 Å². The number of amides is 2. The first kappa shape index (κ1) is 12.2. The number of rotatable bonds is 2. The van der Waals surface area contributed by atoms with Crippen LogP contribution in [-0.4, -0.2) is 17.6 Å². The Bertz CT molecular complexity index is 595. The van der Waals surface area contributed by atoms with E-state index in [0.717, 1.165) is 16.3 Å². The van der Waals surface area contributed by atoms with E-state index in [1.54, 1.807) is 6.20 Å². The number of nitrogens with two attached hydrogens (primary N) is 1. The molecule has 1 aromatic carbocycles. The first-order valence-electron chi connectivity index (χ1n) is 5.81. The summed E-state index contributed by atoms with van der Waals surface area (Å²) in [5.41, 5.74) is 7.58. The molecule has 0 aliphatic rings. The summed E-state index contributed by atoms with van der Waals surface area (Å²) < 4.78 is 0. The van der Waals surface area contributed by atoms with Crippen molar-refractivity contribution in [3.05, 3.63) is 30.0 Å². The minimum absolute atomic E-state index is 0.259. The maximum atomic E-state index is 11.4. The molecule has 0 aliphatic carbocycles.